The van der Waals surface area contributed by atoms with Gasteiger partial charge in [0.25, 0.3) is 0 Å². The van der Waals surface area contributed by atoms with E-state index in [0.29, 0.717) is 28.9 Å². The third-order valence-corrected chi connectivity index (χ3v) is 6.54. The first kappa shape index (κ1) is 22.9. The predicted octanol–water partition coefficient (Wildman–Crippen LogP) is 4.74. The number of nitrogens with one attached hydrogen (secondary N) is 1. The molecule has 1 N–H and O–H groups in total. The summed E-state index contributed by atoms with van der Waals surface area (Å²) in [6, 6.07) is 7.91. The van der Waals surface area contributed by atoms with Crippen LogP contribution in [0.3, 0.4) is 0 Å². The van der Waals surface area contributed by atoms with Crippen molar-refractivity contribution in [3.05, 3.63) is 83.3 Å². The quantitative estimate of drug-likeness (QED) is 0.435. The smallest absolute Gasteiger partial charge is 0.333 e. The summed E-state index contributed by atoms with van der Waals surface area (Å²) in [6.45, 7) is 3.90. The van der Waals surface area contributed by atoms with Crippen molar-refractivity contribution in [2.75, 3.05) is 5.32 Å². The Morgan fingerprint density at radius 1 is 1.00 bits per heavy atom. The van der Waals surface area contributed by atoms with Gasteiger partial charge >= 0.3 is 5.69 Å². The van der Waals surface area contributed by atoms with Crippen LogP contribution < -0.4 is 11.0 Å². The molecule has 35 heavy (non-hydrogen) atoms. The first-order valence-electron chi connectivity index (χ1n) is 12.0. The van der Waals surface area contributed by atoms with E-state index in [1.54, 1.807) is 52.1 Å². The highest BCUT2D eigenvalue weighted by Crippen LogP contribution is 2.32. The van der Waals surface area contributed by atoms with Gasteiger partial charge in [-0.05, 0) is 69.9 Å². The van der Waals surface area contributed by atoms with E-state index in [2.05, 4.69) is 20.3 Å². The third kappa shape index (κ3) is 4.84. The van der Waals surface area contributed by atoms with E-state index in [0.717, 1.165) is 31.4 Å². The van der Waals surface area contributed by atoms with Crippen LogP contribution >= 0.6 is 0 Å². The molecule has 0 radical (unpaired) electrons. The van der Waals surface area contributed by atoms with E-state index < -0.39 is 0 Å². The summed E-state index contributed by atoms with van der Waals surface area (Å²) in [6.07, 6.45) is 12.8. The summed E-state index contributed by atoms with van der Waals surface area (Å²) in [4.78, 5) is 31.0. The highest BCUT2D eigenvalue weighted by atomic mass is 19.1. The molecule has 0 bridgehead atoms. The molecular formula is C26H28FN7O. The second-order valence-electron chi connectivity index (χ2n) is 9.20. The molecule has 4 aromatic rings. The number of hydrogen-bond acceptors (Lipinski definition) is 6. The zero-order valence-corrected chi connectivity index (χ0v) is 19.8. The van der Waals surface area contributed by atoms with Gasteiger partial charge in [0.15, 0.2) is 0 Å². The van der Waals surface area contributed by atoms with E-state index in [1.165, 1.54) is 12.1 Å². The second-order valence-corrected chi connectivity index (χ2v) is 9.20. The molecule has 8 nitrogen and oxygen atoms in total. The maximum absolute atomic E-state index is 13.5. The van der Waals surface area contributed by atoms with Gasteiger partial charge in [-0.25, -0.2) is 19.2 Å². The van der Waals surface area contributed by atoms with Crippen molar-refractivity contribution in [3.63, 3.8) is 0 Å². The highest BCUT2D eigenvalue weighted by molar-refractivity contribution is 5.59. The van der Waals surface area contributed by atoms with E-state index in [9.17, 15) is 9.18 Å². The van der Waals surface area contributed by atoms with Gasteiger partial charge in [0.1, 0.15) is 5.82 Å². The number of hydrogen-bond donors (Lipinski definition) is 1. The van der Waals surface area contributed by atoms with Crippen LogP contribution in [0.25, 0.3) is 17.1 Å². The van der Waals surface area contributed by atoms with Gasteiger partial charge in [0.05, 0.1) is 22.8 Å². The number of imidazole rings is 1. The normalized spacial score (nSPS) is 18.1. The molecule has 3 heterocycles. The van der Waals surface area contributed by atoms with E-state index in [4.69, 9.17) is 4.98 Å². The fourth-order valence-corrected chi connectivity index (χ4v) is 4.66. The molecule has 3 aromatic heterocycles. The summed E-state index contributed by atoms with van der Waals surface area (Å²) in [5.41, 5.74) is 2.69. The molecular weight excluding hydrogens is 445 g/mol. The van der Waals surface area contributed by atoms with Crippen molar-refractivity contribution in [2.45, 2.75) is 57.5 Å². The second kappa shape index (κ2) is 9.77. The van der Waals surface area contributed by atoms with E-state index in [1.807, 2.05) is 20.0 Å². The molecule has 0 atom stereocenters. The molecule has 1 fully saturated rings. The molecule has 9 heteroatoms. The molecule has 180 valence electrons. The van der Waals surface area contributed by atoms with Crippen LogP contribution in [0.2, 0.25) is 0 Å². The van der Waals surface area contributed by atoms with Crippen LogP contribution in [0.5, 0.6) is 0 Å². The zero-order valence-electron chi connectivity index (χ0n) is 19.8. The first-order valence-corrected chi connectivity index (χ1v) is 12.0. The van der Waals surface area contributed by atoms with Crippen molar-refractivity contribution in [3.8, 4) is 17.1 Å². The molecule has 0 spiro atoms. The number of benzene rings is 1. The SMILES string of the molecule is CC(C)n1cc(-c2ccnc(NC3CCC(c4cnccn4)CC3)n2)n(-c2ccc(F)cc2)c1=O. The first-order chi connectivity index (χ1) is 17.0. The summed E-state index contributed by atoms with van der Waals surface area (Å²) in [5.74, 6) is 0.602. The largest absolute Gasteiger partial charge is 0.351 e. The zero-order chi connectivity index (χ0) is 24.4. The van der Waals surface area contributed by atoms with Crippen LogP contribution in [0.1, 0.15) is 57.2 Å². The maximum Gasteiger partial charge on any atom is 0.333 e. The Balaban J connectivity index is 1.39. The van der Waals surface area contributed by atoms with Gasteiger partial charge in [-0.2, -0.15) is 0 Å². The van der Waals surface area contributed by atoms with Crippen molar-refractivity contribution in [2.24, 2.45) is 0 Å². The lowest BCUT2D eigenvalue weighted by atomic mass is 9.84. The van der Waals surface area contributed by atoms with Crippen LogP contribution in [0, 0.1) is 5.82 Å². The summed E-state index contributed by atoms with van der Waals surface area (Å²) in [7, 11) is 0. The van der Waals surface area contributed by atoms with Crippen molar-refractivity contribution >= 4 is 5.95 Å². The maximum atomic E-state index is 13.5. The molecule has 0 saturated heterocycles. The molecule has 1 aliphatic carbocycles. The van der Waals surface area contributed by atoms with Crippen LogP contribution in [-0.4, -0.2) is 35.1 Å². The van der Waals surface area contributed by atoms with E-state index >= 15 is 0 Å². The average Bonchev–Trinajstić information content (AvgIpc) is 3.23. The van der Waals surface area contributed by atoms with Crippen LogP contribution in [0.4, 0.5) is 10.3 Å². The van der Waals surface area contributed by atoms with Crippen molar-refractivity contribution < 1.29 is 4.39 Å². The van der Waals surface area contributed by atoms with Crippen LogP contribution in [0.15, 0.2) is 66.1 Å². The molecule has 1 aromatic carbocycles. The molecule has 1 aliphatic rings. The van der Waals surface area contributed by atoms with Crippen molar-refractivity contribution in [1.29, 1.82) is 0 Å². The number of nitrogens with zero attached hydrogens (tertiary/aromatic N) is 6. The van der Waals surface area contributed by atoms with Crippen molar-refractivity contribution in [1.82, 2.24) is 29.1 Å². The number of aromatic nitrogens is 6. The Labute approximate surface area is 202 Å². The Bertz CT molecular complexity index is 1340. The van der Waals surface area contributed by atoms with Gasteiger partial charge in [0.2, 0.25) is 5.95 Å². The minimum atomic E-state index is -0.353. The van der Waals surface area contributed by atoms with Gasteiger partial charge < -0.3 is 5.32 Å². The molecule has 0 amide bonds. The number of halogens is 1. The molecule has 5 rings (SSSR count). The van der Waals surface area contributed by atoms with E-state index in [-0.39, 0.29) is 23.6 Å². The molecule has 0 aliphatic heterocycles. The van der Waals surface area contributed by atoms with Gasteiger partial charge in [0, 0.05) is 49.0 Å². The van der Waals surface area contributed by atoms with Gasteiger partial charge in [-0.15, -0.1) is 0 Å². The lowest BCUT2D eigenvalue weighted by Gasteiger charge is -2.28. The fraction of sp³-hybridized carbons (Fsp3) is 0.346. The Morgan fingerprint density at radius 2 is 1.77 bits per heavy atom. The number of rotatable bonds is 6. The fourth-order valence-electron chi connectivity index (χ4n) is 4.66. The van der Waals surface area contributed by atoms with Gasteiger partial charge in [-0.1, -0.05) is 0 Å². The lowest BCUT2D eigenvalue weighted by Crippen LogP contribution is -2.26. The molecule has 0 unspecified atom stereocenters. The highest BCUT2D eigenvalue weighted by Gasteiger charge is 2.24. The minimum absolute atomic E-state index is 0.0353. The topological polar surface area (TPSA) is 90.5 Å². The predicted molar refractivity (Wildman–Crippen MR) is 132 cm³/mol. The summed E-state index contributed by atoms with van der Waals surface area (Å²) >= 11 is 0. The lowest BCUT2D eigenvalue weighted by molar-refractivity contribution is 0.404. The minimum Gasteiger partial charge on any atom is -0.351 e. The Kier molecular flexibility index (Phi) is 6.39. The summed E-state index contributed by atoms with van der Waals surface area (Å²) < 4.78 is 16.7. The van der Waals surface area contributed by atoms with Gasteiger partial charge in [-0.3, -0.25) is 19.1 Å². The monoisotopic (exact) mass is 473 g/mol. The Hall–Kier alpha value is -3.88. The average molecular weight is 474 g/mol. The standard InChI is InChI=1S/C26H28FN7O/c1-17(2)33-16-24(34(26(33)35)21-9-5-19(27)6-10-21)22-11-12-30-25(32-22)31-20-7-3-18(4-8-20)23-15-28-13-14-29-23/h5-6,9-18,20H,3-4,7-8H2,1-2H3,(H,30,31,32). The molecule has 1 saturated carbocycles. The van der Waals surface area contributed by atoms with Crippen LogP contribution in [-0.2, 0) is 0 Å². The Morgan fingerprint density at radius 3 is 2.46 bits per heavy atom. The third-order valence-electron chi connectivity index (χ3n) is 6.54. The number of anilines is 1. The summed E-state index contributed by atoms with van der Waals surface area (Å²) in [5, 5.41) is 3.47.